The first-order valence-electron chi connectivity index (χ1n) is 20.4. The van der Waals surface area contributed by atoms with E-state index in [9.17, 15) is 31.4 Å². The van der Waals surface area contributed by atoms with E-state index >= 15 is 0 Å². The molecule has 3 aromatic carbocycles. The molecule has 19 heteroatoms. The molecule has 5 aliphatic heterocycles. The average molecular weight is 886 g/mol. The Bertz CT molecular complexity index is 2700. The maximum Gasteiger partial charge on any atom is 0.274 e. The first-order valence-corrected chi connectivity index (χ1v) is 23.4. The Kier molecular flexibility index (Phi) is 11.6. The summed E-state index contributed by atoms with van der Waals surface area (Å²) in [6.07, 6.45) is 1.54. The topological polar surface area (TPSA) is 184 Å². The molecule has 0 bridgehead atoms. The van der Waals surface area contributed by atoms with Gasteiger partial charge in [0.25, 0.3) is 17.7 Å². The predicted octanol–water partition coefficient (Wildman–Crippen LogP) is 3.79. The summed E-state index contributed by atoms with van der Waals surface area (Å²) in [7, 11) is -4.01. The lowest BCUT2D eigenvalue weighted by Gasteiger charge is -2.26. The number of benzene rings is 3. The molecule has 0 radical (unpaired) electrons. The van der Waals surface area contributed by atoms with Crippen LogP contribution in [-0.4, -0.2) is 133 Å². The number of nitrogens with one attached hydrogen (secondary N) is 1. The van der Waals surface area contributed by atoms with E-state index in [-0.39, 0.29) is 44.7 Å². The number of nitrogens with zero attached hydrogens (tertiary/aromatic N) is 6. The summed E-state index contributed by atoms with van der Waals surface area (Å²) < 4.78 is 73.9. The number of hydrogen-bond acceptors (Lipinski definition) is 11. The van der Waals surface area contributed by atoms with Gasteiger partial charge in [-0.05, 0) is 37.1 Å². The first kappa shape index (κ1) is 41.7. The highest BCUT2D eigenvalue weighted by Gasteiger charge is 2.40. The van der Waals surface area contributed by atoms with Crippen molar-refractivity contribution in [1.82, 2.24) is 34.7 Å². The number of ether oxygens (including phenoxy) is 3. The van der Waals surface area contributed by atoms with Crippen molar-refractivity contribution in [3.8, 4) is 28.2 Å². The van der Waals surface area contributed by atoms with Gasteiger partial charge in [0.05, 0.1) is 87.2 Å². The quantitative estimate of drug-likeness (QED) is 0.271. The molecule has 3 amide bonds. The van der Waals surface area contributed by atoms with Crippen LogP contribution in [-0.2, 0) is 46.4 Å². The molecule has 324 valence electrons. The zero-order valence-corrected chi connectivity index (χ0v) is 35.5. The van der Waals surface area contributed by atoms with E-state index in [0.717, 1.165) is 18.5 Å². The van der Waals surface area contributed by atoms with Gasteiger partial charge in [0.15, 0.2) is 21.2 Å². The number of para-hydroxylation sites is 1. The highest BCUT2D eigenvalue weighted by molar-refractivity contribution is 7.91. The van der Waals surface area contributed by atoms with Gasteiger partial charge < -0.3 is 29.3 Å². The van der Waals surface area contributed by atoms with Crippen molar-refractivity contribution >= 4 is 38.4 Å². The van der Waals surface area contributed by atoms with E-state index < -0.39 is 38.1 Å². The monoisotopic (exact) mass is 885 g/mol. The predicted molar refractivity (Wildman–Crippen MR) is 224 cm³/mol. The fraction of sp³-hybridized carbons (Fsp3) is 0.372. The summed E-state index contributed by atoms with van der Waals surface area (Å²) in [5, 5.41) is 11.8. The third kappa shape index (κ3) is 7.54. The van der Waals surface area contributed by atoms with Crippen molar-refractivity contribution in [2.24, 2.45) is 0 Å². The van der Waals surface area contributed by atoms with E-state index in [4.69, 9.17) is 19.3 Å². The summed E-state index contributed by atoms with van der Waals surface area (Å²) >= 11 is 0. The molecular weight excluding hydrogens is 842 g/mol. The summed E-state index contributed by atoms with van der Waals surface area (Å²) in [5.74, 6) is -1.79. The maximum atomic E-state index is 14.5. The molecule has 0 spiro atoms. The molecule has 1 N–H and O–H groups in total. The highest BCUT2D eigenvalue weighted by Crippen LogP contribution is 2.44. The summed E-state index contributed by atoms with van der Waals surface area (Å²) in [5.41, 5.74) is 4.36. The zero-order valence-electron chi connectivity index (χ0n) is 33.9. The second kappa shape index (κ2) is 17.3. The lowest BCUT2D eigenvalue weighted by Crippen LogP contribution is -2.41. The van der Waals surface area contributed by atoms with Crippen LogP contribution in [0, 0.1) is 5.82 Å². The molecule has 5 aromatic rings. The van der Waals surface area contributed by atoms with Gasteiger partial charge in [-0.2, -0.15) is 10.2 Å². The van der Waals surface area contributed by atoms with Crippen molar-refractivity contribution in [2.45, 2.75) is 40.2 Å². The SMILES string of the molecule is CNC(=O)c1cccc2c1S(=O)(=O)Cc1c(C(=O)N3CCOCC3)nn(-c3ccccc3)c1-2.O=C(c1nn(C2CCOCC2)c2c1CS(=O)c1c(F)cccc1-2)N1CCOCC1. The van der Waals surface area contributed by atoms with Crippen LogP contribution < -0.4 is 5.32 Å². The van der Waals surface area contributed by atoms with Crippen LogP contribution >= 0.6 is 0 Å². The Labute approximate surface area is 359 Å². The van der Waals surface area contributed by atoms with Gasteiger partial charge in [-0.25, -0.2) is 17.5 Å². The van der Waals surface area contributed by atoms with Crippen LogP contribution in [0.5, 0.6) is 0 Å². The van der Waals surface area contributed by atoms with Gasteiger partial charge in [-0.15, -0.1) is 0 Å². The lowest BCUT2D eigenvalue weighted by molar-refractivity contribution is 0.0295. The van der Waals surface area contributed by atoms with Crippen LogP contribution in [0.3, 0.4) is 0 Å². The highest BCUT2D eigenvalue weighted by atomic mass is 32.2. The largest absolute Gasteiger partial charge is 0.381 e. The summed E-state index contributed by atoms with van der Waals surface area (Å²) in [4.78, 5) is 42.7. The van der Waals surface area contributed by atoms with Gasteiger partial charge in [0.2, 0.25) is 0 Å². The fourth-order valence-corrected chi connectivity index (χ4v) is 11.8. The minimum absolute atomic E-state index is 0.0423. The van der Waals surface area contributed by atoms with Crippen molar-refractivity contribution < 1.29 is 45.6 Å². The molecule has 2 aromatic heterocycles. The Hall–Kier alpha value is -5.60. The fourth-order valence-electron chi connectivity index (χ4n) is 8.65. The van der Waals surface area contributed by atoms with E-state index in [1.165, 1.54) is 19.2 Å². The van der Waals surface area contributed by atoms with Crippen LogP contribution in [0.2, 0.25) is 0 Å². The molecule has 0 aliphatic carbocycles. The zero-order chi connectivity index (χ0) is 43.1. The van der Waals surface area contributed by atoms with E-state index in [1.807, 2.05) is 35.0 Å². The summed E-state index contributed by atoms with van der Waals surface area (Å²) in [6, 6.07) is 18.8. The number of sulfone groups is 1. The van der Waals surface area contributed by atoms with Crippen molar-refractivity contribution in [3.05, 3.63) is 101 Å². The van der Waals surface area contributed by atoms with E-state index in [2.05, 4.69) is 10.4 Å². The van der Waals surface area contributed by atoms with Crippen molar-refractivity contribution in [1.29, 1.82) is 0 Å². The molecule has 5 aliphatic rings. The number of halogens is 1. The Morgan fingerprint density at radius 2 is 1.34 bits per heavy atom. The number of carbonyl (C=O) groups excluding carboxylic acids is 3. The molecule has 0 saturated carbocycles. The van der Waals surface area contributed by atoms with Gasteiger partial charge in [-0.1, -0.05) is 42.5 Å². The number of amides is 3. The van der Waals surface area contributed by atoms with Crippen LogP contribution in [0.1, 0.15) is 61.3 Å². The number of hydrogen-bond donors (Lipinski definition) is 1. The Morgan fingerprint density at radius 1 is 0.742 bits per heavy atom. The normalized spacial score (nSPS) is 19.2. The smallest absolute Gasteiger partial charge is 0.274 e. The minimum Gasteiger partial charge on any atom is -0.381 e. The summed E-state index contributed by atoms with van der Waals surface area (Å²) in [6.45, 7) is 4.91. The van der Waals surface area contributed by atoms with Gasteiger partial charge in [0, 0.05) is 68.7 Å². The number of rotatable bonds is 5. The maximum absolute atomic E-state index is 14.5. The van der Waals surface area contributed by atoms with Gasteiger partial charge >= 0.3 is 0 Å². The molecule has 62 heavy (non-hydrogen) atoms. The van der Waals surface area contributed by atoms with E-state index in [1.54, 1.807) is 38.7 Å². The molecule has 10 rings (SSSR count). The Balaban J connectivity index is 0.000000159. The number of morpholine rings is 2. The second-order valence-electron chi connectivity index (χ2n) is 15.3. The van der Waals surface area contributed by atoms with Crippen molar-refractivity contribution in [2.75, 3.05) is 72.9 Å². The molecule has 16 nitrogen and oxygen atoms in total. The number of fused-ring (bicyclic) bond motifs is 6. The van der Waals surface area contributed by atoms with Crippen LogP contribution in [0.15, 0.2) is 76.5 Å². The molecule has 1 atom stereocenters. The number of aromatic nitrogens is 4. The van der Waals surface area contributed by atoms with Crippen molar-refractivity contribution in [3.63, 3.8) is 0 Å². The molecule has 7 heterocycles. The van der Waals surface area contributed by atoms with Crippen LogP contribution in [0.4, 0.5) is 4.39 Å². The Morgan fingerprint density at radius 3 is 1.98 bits per heavy atom. The minimum atomic E-state index is -3.91. The molecule has 3 saturated heterocycles. The average Bonchev–Trinajstić information content (AvgIpc) is 3.88. The number of carbonyl (C=O) groups is 3. The third-order valence-electron chi connectivity index (χ3n) is 11.6. The first-order chi connectivity index (χ1) is 30.1. The molecule has 3 fully saturated rings. The second-order valence-corrected chi connectivity index (χ2v) is 18.6. The molecular formula is C43H44FN7O9S2. The standard InChI is InChI=1S/C23H22N4O5S.C20H22FN3O4S/c1-24-22(28)17-9-5-8-16-20-18(14-33(30,31)21(16)17)19(23(29)26-10-12-32-13-11-26)25-27(20)15-6-3-2-4-7-15;21-16-3-1-2-14-18-15(12-29(26)19(14)16)17(20(25)23-6-10-28-11-7-23)22-24(18)13-4-8-27-9-5-13/h2-9H,10-14H2,1H3,(H,24,28);1-3,13H,4-12H2. The third-order valence-corrected chi connectivity index (χ3v) is 14.8. The van der Waals surface area contributed by atoms with E-state index in [0.29, 0.717) is 105 Å². The lowest BCUT2D eigenvalue weighted by atomic mass is 10.0. The van der Waals surface area contributed by atoms with Gasteiger partial charge in [0.1, 0.15) is 5.82 Å². The molecule has 1 unspecified atom stereocenters. The van der Waals surface area contributed by atoms with Gasteiger partial charge in [-0.3, -0.25) is 23.3 Å². The van der Waals surface area contributed by atoms with Crippen LogP contribution in [0.25, 0.3) is 28.2 Å².